The highest BCUT2D eigenvalue weighted by molar-refractivity contribution is 6.20. The number of hydrogen-bond donors (Lipinski definition) is 1. The van der Waals surface area contributed by atoms with E-state index in [1.54, 1.807) is 24.5 Å². The minimum atomic E-state index is -3.81. The molecule has 7 nitrogen and oxygen atoms in total. The maximum absolute atomic E-state index is 13.0. The molecule has 2 aromatic heterocycles. The molecule has 0 aliphatic carbocycles. The van der Waals surface area contributed by atoms with E-state index in [1.807, 2.05) is 11.6 Å². The summed E-state index contributed by atoms with van der Waals surface area (Å²) in [5, 5.41) is 2.76. The molecule has 2 aromatic carbocycles. The van der Waals surface area contributed by atoms with Gasteiger partial charge in [0.05, 0.1) is 11.0 Å². The number of ether oxygens (including phenoxy) is 1. The molecule has 0 unspecified atom stereocenters. The SMILES string of the molecule is CCCc1nc2cc(C(=O)Nc3ccc(OC(F)(F)Cl)cc3)cc(-c3cncnc3)c2n1C. The number of nitrogens with one attached hydrogen (secondary N) is 1. The van der Waals surface area contributed by atoms with Crippen molar-refractivity contribution in [3.05, 3.63) is 66.5 Å². The minimum Gasteiger partial charge on any atom is -0.420 e. The quantitative estimate of drug-likeness (QED) is 0.365. The number of anilines is 1. The number of carbonyl (C=O) groups excluding carboxylic acids is 1. The molecule has 0 atom stereocenters. The lowest BCUT2D eigenvalue weighted by molar-refractivity contribution is -0.0964. The molecule has 33 heavy (non-hydrogen) atoms. The standard InChI is InChI=1S/C23H20ClF2N5O2/c1-3-4-20-30-19-10-14(9-18(21(19)31(20)2)15-11-27-13-28-12-15)22(32)29-16-5-7-17(8-6-16)33-23(24,25)26/h5-13H,3-4H2,1-2H3,(H,29,32). The maximum atomic E-state index is 13.0. The lowest BCUT2D eigenvalue weighted by atomic mass is 10.0. The number of carbonyl (C=O) groups is 1. The number of benzene rings is 2. The second kappa shape index (κ2) is 9.11. The second-order valence-corrected chi connectivity index (χ2v) is 7.82. The van der Waals surface area contributed by atoms with Crippen LogP contribution in [0.25, 0.3) is 22.2 Å². The second-order valence-electron chi connectivity index (χ2n) is 7.38. The van der Waals surface area contributed by atoms with Crippen LogP contribution in [-0.2, 0) is 13.5 Å². The molecule has 0 spiro atoms. The highest BCUT2D eigenvalue weighted by Crippen LogP contribution is 2.31. The van der Waals surface area contributed by atoms with Crippen LogP contribution < -0.4 is 10.1 Å². The van der Waals surface area contributed by atoms with Gasteiger partial charge in [0.2, 0.25) is 0 Å². The van der Waals surface area contributed by atoms with Crippen LogP contribution in [0.4, 0.5) is 14.5 Å². The van der Waals surface area contributed by atoms with Crippen molar-refractivity contribution in [2.24, 2.45) is 7.05 Å². The van der Waals surface area contributed by atoms with E-state index in [1.165, 1.54) is 30.6 Å². The van der Waals surface area contributed by atoms with Gasteiger partial charge in [-0.15, -0.1) is 8.78 Å². The lowest BCUT2D eigenvalue weighted by Gasteiger charge is -2.12. The van der Waals surface area contributed by atoms with Crippen LogP contribution >= 0.6 is 11.6 Å². The zero-order chi connectivity index (χ0) is 23.6. The number of rotatable bonds is 7. The number of aryl methyl sites for hydroxylation is 2. The van der Waals surface area contributed by atoms with E-state index >= 15 is 0 Å². The molecule has 4 rings (SSSR count). The Morgan fingerprint density at radius 2 is 1.88 bits per heavy atom. The smallest absolute Gasteiger partial charge is 0.420 e. The van der Waals surface area contributed by atoms with Gasteiger partial charge in [-0.05, 0) is 42.8 Å². The number of hydrogen-bond acceptors (Lipinski definition) is 5. The summed E-state index contributed by atoms with van der Waals surface area (Å²) in [6.07, 6.45) is 6.54. The van der Waals surface area contributed by atoms with Crippen LogP contribution in [0.5, 0.6) is 5.75 Å². The number of alkyl halides is 3. The van der Waals surface area contributed by atoms with Gasteiger partial charge >= 0.3 is 5.57 Å². The molecule has 0 aliphatic rings. The van der Waals surface area contributed by atoms with Gasteiger partial charge in [0.25, 0.3) is 5.91 Å². The Bertz CT molecular complexity index is 1290. The van der Waals surface area contributed by atoms with E-state index in [0.29, 0.717) is 16.8 Å². The van der Waals surface area contributed by atoms with Crippen LogP contribution in [0.1, 0.15) is 29.5 Å². The highest BCUT2D eigenvalue weighted by atomic mass is 35.5. The van der Waals surface area contributed by atoms with Crippen molar-refractivity contribution >= 4 is 34.2 Å². The van der Waals surface area contributed by atoms with Gasteiger partial charge in [-0.2, -0.15) is 0 Å². The Morgan fingerprint density at radius 3 is 2.52 bits per heavy atom. The molecule has 0 radical (unpaired) electrons. The van der Waals surface area contributed by atoms with Crippen molar-refractivity contribution < 1.29 is 18.3 Å². The van der Waals surface area contributed by atoms with Crippen LogP contribution in [0.2, 0.25) is 0 Å². The number of aromatic nitrogens is 4. The van der Waals surface area contributed by atoms with Gasteiger partial charge in [-0.1, -0.05) is 6.92 Å². The molecule has 0 bridgehead atoms. The van der Waals surface area contributed by atoms with Crippen molar-refractivity contribution in [3.63, 3.8) is 0 Å². The molecule has 0 saturated heterocycles. The van der Waals surface area contributed by atoms with Crippen LogP contribution in [0.3, 0.4) is 0 Å². The Labute approximate surface area is 193 Å². The van der Waals surface area contributed by atoms with Gasteiger partial charge < -0.3 is 14.6 Å². The summed E-state index contributed by atoms with van der Waals surface area (Å²) in [6.45, 7) is 2.08. The number of imidazole rings is 1. The molecule has 170 valence electrons. The van der Waals surface area contributed by atoms with Crippen molar-refractivity contribution in [2.45, 2.75) is 25.3 Å². The van der Waals surface area contributed by atoms with E-state index in [2.05, 4.69) is 26.9 Å². The topological polar surface area (TPSA) is 81.9 Å². The number of amides is 1. The van der Waals surface area contributed by atoms with Crippen molar-refractivity contribution in [2.75, 3.05) is 5.32 Å². The van der Waals surface area contributed by atoms with Crippen molar-refractivity contribution in [1.82, 2.24) is 19.5 Å². The summed E-state index contributed by atoms with van der Waals surface area (Å²) in [6, 6.07) is 8.96. The Balaban J connectivity index is 1.69. The third kappa shape index (κ3) is 5.09. The monoisotopic (exact) mass is 471 g/mol. The fourth-order valence-electron chi connectivity index (χ4n) is 3.58. The fourth-order valence-corrected chi connectivity index (χ4v) is 3.67. The van der Waals surface area contributed by atoms with Crippen LogP contribution in [-0.4, -0.2) is 31.0 Å². The molecule has 0 saturated carbocycles. The molecule has 2 heterocycles. The van der Waals surface area contributed by atoms with E-state index in [-0.39, 0.29) is 11.7 Å². The van der Waals surface area contributed by atoms with Crippen molar-refractivity contribution in [1.29, 1.82) is 0 Å². The fraction of sp³-hybridized carbons (Fsp3) is 0.217. The highest BCUT2D eigenvalue weighted by Gasteiger charge is 2.27. The van der Waals surface area contributed by atoms with E-state index in [0.717, 1.165) is 35.3 Å². The molecule has 0 aliphatic heterocycles. The molecular formula is C23H20ClF2N5O2. The van der Waals surface area contributed by atoms with Gasteiger partial charge in [0.1, 0.15) is 17.9 Å². The normalized spacial score (nSPS) is 11.5. The first-order chi connectivity index (χ1) is 15.7. The average molecular weight is 472 g/mol. The molecular weight excluding hydrogens is 452 g/mol. The third-order valence-electron chi connectivity index (χ3n) is 5.02. The van der Waals surface area contributed by atoms with Crippen molar-refractivity contribution in [3.8, 4) is 16.9 Å². The Hall–Kier alpha value is -3.59. The molecule has 1 N–H and O–H groups in total. The van der Waals surface area contributed by atoms with E-state index < -0.39 is 5.57 Å². The predicted molar refractivity (Wildman–Crippen MR) is 122 cm³/mol. The molecule has 4 aromatic rings. The summed E-state index contributed by atoms with van der Waals surface area (Å²) < 4.78 is 31.9. The first-order valence-electron chi connectivity index (χ1n) is 10.2. The summed E-state index contributed by atoms with van der Waals surface area (Å²) in [5.74, 6) is 0.404. The Morgan fingerprint density at radius 1 is 1.18 bits per heavy atom. The van der Waals surface area contributed by atoms with Gasteiger partial charge in [-0.3, -0.25) is 4.79 Å². The summed E-state index contributed by atoms with van der Waals surface area (Å²) in [4.78, 5) is 26.0. The summed E-state index contributed by atoms with van der Waals surface area (Å²) in [7, 11) is 1.95. The number of halogens is 3. The van der Waals surface area contributed by atoms with Crippen LogP contribution in [0.15, 0.2) is 55.1 Å². The Kier molecular flexibility index (Phi) is 6.24. The molecule has 1 amide bonds. The predicted octanol–water partition coefficient (Wildman–Crippen LogP) is 5.40. The molecule has 0 fully saturated rings. The zero-order valence-electron chi connectivity index (χ0n) is 17.8. The summed E-state index contributed by atoms with van der Waals surface area (Å²) >= 11 is 4.78. The number of nitrogens with zero attached hydrogens (tertiary/aromatic N) is 4. The summed E-state index contributed by atoms with van der Waals surface area (Å²) in [5.41, 5.74) is 0.0822. The van der Waals surface area contributed by atoms with Gasteiger partial charge in [0.15, 0.2) is 0 Å². The zero-order valence-corrected chi connectivity index (χ0v) is 18.6. The molecule has 10 heteroatoms. The van der Waals surface area contributed by atoms with Crippen LogP contribution in [0, 0.1) is 0 Å². The minimum absolute atomic E-state index is 0.127. The van der Waals surface area contributed by atoms with E-state index in [4.69, 9.17) is 16.6 Å². The third-order valence-corrected chi connectivity index (χ3v) is 5.09. The van der Waals surface area contributed by atoms with E-state index in [9.17, 15) is 13.6 Å². The largest absolute Gasteiger partial charge is 0.487 e. The first kappa shape index (κ1) is 22.6. The lowest BCUT2D eigenvalue weighted by Crippen LogP contribution is -2.16. The van der Waals surface area contributed by atoms with Gasteiger partial charge in [0, 0.05) is 59.8 Å². The first-order valence-corrected chi connectivity index (χ1v) is 10.5. The maximum Gasteiger partial charge on any atom is 0.487 e. The number of fused-ring (bicyclic) bond motifs is 1. The average Bonchev–Trinajstić information content (AvgIpc) is 3.09. The van der Waals surface area contributed by atoms with Gasteiger partial charge in [-0.25, -0.2) is 15.0 Å².